The van der Waals surface area contributed by atoms with Crippen LogP contribution in [0.4, 0.5) is 0 Å². The summed E-state index contributed by atoms with van der Waals surface area (Å²) in [6.45, 7) is 4.81. The van der Waals surface area contributed by atoms with Gasteiger partial charge < -0.3 is 9.47 Å². The first-order valence-corrected chi connectivity index (χ1v) is 6.73. The van der Waals surface area contributed by atoms with Crippen LogP contribution in [0.25, 0.3) is 6.08 Å². The number of unbranched alkanes of at least 4 members (excludes halogenated alkanes) is 1. The van der Waals surface area contributed by atoms with Gasteiger partial charge in [0.25, 0.3) is 0 Å². The molecule has 0 radical (unpaired) electrons. The summed E-state index contributed by atoms with van der Waals surface area (Å²) in [5.74, 6) is 0.126. The molecule has 106 valence electrons. The third-order valence-electron chi connectivity index (χ3n) is 2.55. The van der Waals surface area contributed by atoms with Gasteiger partial charge in [-0.15, -0.1) is 0 Å². The van der Waals surface area contributed by atoms with Crippen LogP contribution in [0.3, 0.4) is 0 Å². The average molecular weight is 273 g/mol. The Kier molecular flexibility index (Phi) is 6.91. The molecule has 1 rings (SSSR count). The molecule has 0 fully saturated rings. The molecule has 0 N–H and O–H groups in total. The van der Waals surface area contributed by atoms with Crippen molar-refractivity contribution in [3.63, 3.8) is 0 Å². The Morgan fingerprint density at radius 3 is 2.85 bits per heavy atom. The normalized spacial score (nSPS) is 10.8. The summed E-state index contributed by atoms with van der Waals surface area (Å²) in [6, 6.07) is 9.10. The van der Waals surface area contributed by atoms with Gasteiger partial charge in [0.2, 0.25) is 0 Å². The van der Waals surface area contributed by atoms with E-state index in [2.05, 4.69) is 0 Å². The van der Waals surface area contributed by atoms with Crippen LogP contribution in [0.1, 0.15) is 32.3 Å². The molecule has 4 nitrogen and oxygen atoms in total. The summed E-state index contributed by atoms with van der Waals surface area (Å²) in [5, 5.41) is 9.04. The Morgan fingerprint density at radius 2 is 2.20 bits per heavy atom. The van der Waals surface area contributed by atoms with Crippen molar-refractivity contribution in [2.45, 2.75) is 26.7 Å². The molecular formula is C16H19NO3. The van der Waals surface area contributed by atoms with E-state index < -0.39 is 5.97 Å². The van der Waals surface area contributed by atoms with Crippen molar-refractivity contribution in [3.8, 4) is 11.8 Å². The highest BCUT2D eigenvalue weighted by Gasteiger charge is 2.10. The van der Waals surface area contributed by atoms with Gasteiger partial charge in [-0.05, 0) is 37.1 Å². The fourth-order valence-electron chi connectivity index (χ4n) is 1.55. The maximum Gasteiger partial charge on any atom is 0.348 e. The van der Waals surface area contributed by atoms with Crippen LogP contribution >= 0.6 is 0 Å². The maximum absolute atomic E-state index is 11.7. The van der Waals surface area contributed by atoms with Crippen molar-refractivity contribution in [2.24, 2.45) is 0 Å². The van der Waals surface area contributed by atoms with Crippen molar-refractivity contribution < 1.29 is 14.3 Å². The molecule has 0 saturated heterocycles. The van der Waals surface area contributed by atoms with Gasteiger partial charge in [-0.1, -0.05) is 25.5 Å². The van der Waals surface area contributed by atoms with Crippen LogP contribution in [0.2, 0.25) is 0 Å². The summed E-state index contributed by atoms with van der Waals surface area (Å²) < 4.78 is 10.4. The Morgan fingerprint density at radius 1 is 1.40 bits per heavy atom. The fourth-order valence-corrected chi connectivity index (χ4v) is 1.55. The quantitative estimate of drug-likeness (QED) is 0.331. The molecule has 0 aromatic heterocycles. The van der Waals surface area contributed by atoms with Gasteiger partial charge in [0.05, 0.1) is 13.2 Å². The Hall–Kier alpha value is -2.28. The number of hydrogen-bond donors (Lipinski definition) is 0. The van der Waals surface area contributed by atoms with E-state index >= 15 is 0 Å². The third-order valence-corrected chi connectivity index (χ3v) is 2.55. The summed E-state index contributed by atoms with van der Waals surface area (Å²) in [7, 11) is 0. The largest absolute Gasteiger partial charge is 0.494 e. The molecule has 20 heavy (non-hydrogen) atoms. The van der Waals surface area contributed by atoms with E-state index in [0.717, 1.165) is 18.4 Å². The number of carbonyl (C=O) groups excluding carboxylic acids is 1. The molecule has 0 atom stereocenters. The molecule has 1 aromatic carbocycles. The Labute approximate surface area is 119 Å². The predicted molar refractivity (Wildman–Crippen MR) is 77.1 cm³/mol. The second-order valence-corrected chi connectivity index (χ2v) is 4.16. The van der Waals surface area contributed by atoms with E-state index in [0.29, 0.717) is 19.0 Å². The number of carbonyl (C=O) groups is 1. The van der Waals surface area contributed by atoms with Crippen LogP contribution in [0, 0.1) is 11.3 Å². The average Bonchev–Trinajstić information content (AvgIpc) is 2.45. The van der Waals surface area contributed by atoms with Crippen molar-refractivity contribution in [3.05, 3.63) is 35.4 Å². The van der Waals surface area contributed by atoms with Crippen LogP contribution in [-0.4, -0.2) is 19.2 Å². The summed E-state index contributed by atoms with van der Waals surface area (Å²) in [5.41, 5.74) is 0.731. The molecule has 1 aromatic rings. The molecule has 0 unspecified atom stereocenters. The number of rotatable bonds is 7. The van der Waals surface area contributed by atoms with E-state index in [9.17, 15) is 4.79 Å². The lowest BCUT2D eigenvalue weighted by molar-refractivity contribution is -0.138. The lowest BCUT2D eigenvalue weighted by Gasteiger charge is -2.04. The van der Waals surface area contributed by atoms with E-state index in [1.807, 2.05) is 32.0 Å². The molecule has 0 saturated carbocycles. The zero-order chi connectivity index (χ0) is 14.8. The fraction of sp³-hybridized carbons (Fsp3) is 0.375. The van der Waals surface area contributed by atoms with E-state index in [1.54, 1.807) is 12.1 Å². The van der Waals surface area contributed by atoms with E-state index in [4.69, 9.17) is 14.7 Å². The van der Waals surface area contributed by atoms with Gasteiger partial charge in [-0.2, -0.15) is 5.26 Å². The van der Waals surface area contributed by atoms with Crippen molar-refractivity contribution in [2.75, 3.05) is 13.2 Å². The highest BCUT2D eigenvalue weighted by molar-refractivity contribution is 5.97. The lowest BCUT2D eigenvalue weighted by atomic mass is 10.1. The molecule has 0 amide bonds. The van der Waals surface area contributed by atoms with Crippen LogP contribution < -0.4 is 4.74 Å². The zero-order valence-electron chi connectivity index (χ0n) is 11.9. The molecule has 4 heteroatoms. The summed E-state index contributed by atoms with van der Waals surface area (Å²) >= 11 is 0. The SMILES string of the molecule is CCCCOC(=O)/C(C#N)=C/c1cccc(OCC)c1. The van der Waals surface area contributed by atoms with Gasteiger partial charge in [0, 0.05) is 0 Å². The zero-order valence-corrected chi connectivity index (χ0v) is 11.9. The lowest BCUT2D eigenvalue weighted by Crippen LogP contribution is -2.07. The molecule has 0 aliphatic heterocycles. The first kappa shape index (κ1) is 15.8. The highest BCUT2D eigenvalue weighted by Crippen LogP contribution is 2.16. The van der Waals surface area contributed by atoms with E-state index in [1.165, 1.54) is 6.08 Å². The monoisotopic (exact) mass is 273 g/mol. The van der Waals surface area contributed by atoms with Crippen molar-refractivity contribution >= 4 is 12.0 Å². The highest BCUT2D eigenvalue weighted by atomic mass is 16.5. The summed E-state index contributed by atoms with van der Waals surface area (Å²) in [4.78, 5) is 11.7. The van der Waals surface area contributed by atoms with Gasteiger partial charge in [-0.25, -0.2) is 4.79 Å². The third kappa shape index (κ3) is 5.15. The molecule has 0 bridgehead atoms. The van der Waals surface area contributed by atoms with Gasteiger partial charge in [0.1, 0.15) is 17.4 Å². The number of nitriles is 1. The smallest absolute Gasteiger partial charge is 0.348 e. The topological polar surface area (TPSA) is 59.3 Å². The molecule has 0 aliphatic rings. The Bertz CT molecular complexity index is 515. The number of hydrogen-bond acceptors (Lipinski definition) is 4. The van der Waals surface area contributed by atoms with Crippen LogP contribution in [-0.2, 0) is 9.53 Å². The molecule has 0 aliphatic carbocycles. The standard InChI is InChI=1S/C16H19NO3/c1-3-5-9-20-16(18)14(12-17)10-13-7-6-8-15(11-13)19-4-2/h6-8,10-11H,3-5,9H2,1-2H3/b14-10+. The maximum atomic E-state index is 11.7. The molecule has 0 spiro atoms. The van der Waals surface area contributed by atoms with Crippen LogP contribution in [0.5, 0.6) is 5.75 Å². The van der Waals surface area contributed by atoms with E-state index in [-0.39, 0.29) is 5.57 Å². The number of benzene rings is 1. The van der Waals surface area contributed by atoms with Crippen molar-refractivity contribution in [1.29, 1.82) is 5.26 Å². The van der Waals surface area contributed by atoms with Crippen molar-refractivity contribution in [1.82, 2.24) is 0 Å². The molecular weight excluding hydrogens is 254 g/mol. The van der Waals surface area contributed by atoms with Crippen LogP contribution in [0.15, 0.2) is 29.8 Å². The van der Waals surface area contributed by atoms with Gasteiger partial charge >= 0.3 is 5.97 Å². The molecule has 0 heterocycles. The number of esters is 1. The minimum Gasteiger partial charge on any atom is -0.494 e. The number of nitrogens with zero attached hydrogens (tertiary/aromatic N) is 1. The predicted octanol–water partition coefficient (Wildman–Crippen LogP) is 3.34. The minimum absolute atomic E-state index is 0.00486. The van der Waals surface area contributed by atoms with Gasteiger partial charge in [0.15, 0.2) is 0 Å². The summed E-state index contributed by atoms with van der Waals surface area (Å²) in [6.07, 6.45) is 3.25. The second kappa shape index (κ2) is 8.76. The van der Waals surface area contributed by atoms with Gasteiger partial charge in [-0.3, -0.25) is 0 Å². The number of ether oxygens (including phenoxy) is 2. The first-order chi connectivity index (χ1) is 9.71. The first-order valence-electron chi connectivity index (χ1n) is 6.73. The Balaban J connectivity index is 2.80. The minimum atomic E-state index is -0.581. The second-order valence-electron chi connectivity index (χ2n) is 4.16.